The number of rotatable bonds is 14. The van der Waals surface area contributed by atoms with Crippen LogP contribution in [0.25, 0.3) is 11.1 Å². The van der Waals surface area contributed by atoms with Crippen molar-refractivity contribution in [3.8, 4) is 11.1 Å². The number of imide groups is 1. The van der Waals surface area contributed by atoms with Gasteiger partial charge in [-0.2, -0.15) is 0 Å². The molecule has 0 radical (unpaired) electrons. The van der Waals surface area contributed by atoms with Crippen LogP contribution in [0, 0.1) is 5.41 Å². The van der Waals surface area contributed by atoms with Crippen molar-refractivity contribution >= 4 is 64.1 Å². The van der Waals surface area contributed by atoms with Crippen LogP contribution in [0.4, 0.5) is 28.7 Å². The van der Waals surface area contributed by atoms with Crippen molar-refractivity contribution in [3.63, 3.8) is 0 Å². The Labute approximate surface area is 421 Å². The predicted octanol–water partition coefficient (Wildman–Crippen LogP) is 3.90. The fourth-order valence-corrected chi connectivity index (χ4v) is 11.0. The summed E-state index contributed by atoms with van der Waals surface area (Å²) in [5, 5.41) is 19.1. The van der Waals surface area contributed by atoms with E-state index in [2.05, 4.69) is 49.2 Å². The van der Waals surface area contributed by atoms with Gasteiger partial charge in [-0.15, -0.1) is 0 Å². The number of carbonyl (C=O) groups is 6. The zero-order chi connectivity index (χ0) is 51.3. The van der Waals surface area contributed by atoms with Gasteiger partial charge in [0, 0.05) is 105 Å². The lowest BCUT2D eigenvalue weighted by atomic mass is 9.90. The first-order chi connectivity index (χ1) is 35.1. The third-order valence-corrected chi connectivity index (χ3v) is 14.7. The van der Waals surface area contributed by atoms with Gasteiger partial charge in [0.2, 0.25) is 23.6 Å². The molecule has 2 atom stereocenters. The number of aromatic nitrogens is 4. The first-order valence-electron chi connectivity index (χ1n) is 24.8. The molecule has 0 saturated carbocycles. The zero-order valence-electron chi connectivity index (χ0n) is 41.4. The molecule has 1 unspecified atom stereocenters. The molecule has 1 aromatic carbocycles. The van der Waals surface area contributed by atoms with E-state index >= 15 is 0 Å². The predicted molar refractivity (Wildman–Crippen MR) is 270 cm³/mol. The number of fused-ring (bicyclic) bond motifs is 4. The van der Waals surface area contributed by atoms with Gasteiger partial charge in [0.15, 0.2) is 0 Å². The van der Waals surface area contributed by atoms with Crippen LogP contribution in [-0.4, -0.2) is 121 Å². The molecule has 2 fully saturated rings. The van der Waals surface area contributed by atoms with Gasteiger partial charge in [0.05, 0.1) is 44.5 Å². The van der Waals surface area contributed by atoms with Crippen molar-refractivity contribution in [2.75, 3.05) is 59.8 Å². The number of aliphatic hydroxyl groups is 1. The summed E-state index contributed by atoms with van der Waals surface area (Å²) in [6.45, 7) is 9.12. The Hall–Kier alpha value is -7.71. The Bertz CT molecular complexity index is 3130. The van der Waals surface area contributed by atoms with E-state index in [1.54, 1.807) is 71.8 Å². The van der Waals surface area contributed by atoms with Crippen molar-refractivity contribution in [1.82, 2.24) is 34.2 Å². The molecule has 4 aliphatic heterocycles. The van der Waals surface area contributed by atoms with Crippen LogP contribution in [0.3, 0.4) is 0 Å². The van der Waals surface area contributed by atoms with E-state index in [4.69, 9.17) is 4.74 Å². The molecule has 0 bridgehead atoms. The number of hydrogen-bond donors (Lipinski definition) is 4. The number of nitrogens with zero attached hydrogens (tertiary/aromatic N) is 8. The van der Waals surface area contributed by atoms with Crippen LogP contribution < -0.4 is 31.3 Å². The maximum Gasteiger partial charge on any atom is 0.276 e. The maximum absolute atomic E-state index is 14.0. The summed E-state index contributed by atoms with van der Waals surface area (Å²) in [5.74, 6) is -0.888. The number of hydrogen-bond acceptors (Lipinski definition) is 13. The van der Waals surface area contributed by atoms with E-state index in [0.717, 1.165) is 18.5 Å². The summed E-state index contributed by atoms with van der Waals surface area (Å²) in [4.78, 5) is 107. The standard InChI is InChI=1S/C53H59N11O9/c1-31-27-60(47(68)14-21-73-20-13-46(67)57-39-7-5-6-36-37(39)29-64(50(36)70)41-9-11-45(66)58-49(41)69)16-17-61(31)34-8-10-44(55-26-34)56-40-22-33(28-59(4)51(40)71)35-12-15-54-48(38(35)30-65)63-19-18-62-42(52(63)72)23-32-24-53(2,3)25-43(32)62/h5-8,10,12,15,22-23,26,28,31,41,65H,9,11,13-14,16-21,24-25,27,29-30H2,1-4H3,(H,55,56)(H,57,67)(H,58,66,69)/t31-,41?/m0/s1. The molecule has 10 rings (SSSR count). The van der Waals surface area contributed by atoms with Gasteiger partial charge in [-0.3, -0.25) is 43.8 Å². The highest BCUT2D eigenvalue weighted by molar-refractivity contribution is 6.07. The van der Waals surface area contributed by atoms with Crippen LogP contribution in [-0.2, 0) is 63.5 Å². The van der Waals surface area contributed by atoms with Gasteiger partial charge in [-0.1, -0.05) is 19.9 Å². The van der Waals surface area contributed by atoms with E-state index in [1.807, 2.05) is 19.1 Å². The summed E-state index contributed by atoms with van der Waals surface area (Å²) in [6, 6.07) is 13.5. The number of ether oxygens (including phenoxy) is 1. The third kappa shape index (κ3) is 9.59. The molecule has 4 aromatic heterocycles. The van der Waals surface area contributed by atoms with Crippen molar-refractivity contribution in [2.45, 2.75) is 91.1 Å². The minimum Gasteiger partial charge on any atom is -0.392 e. The summed E-state index contributed by atoms with van der Waals surface area (Å²) in [7, 11) is 1.66. The largest absolute Gasteiger partial charge is 0.392 e. The van der Waals surface area contributed by atoms with Crippen LogP contribution in [0.5, 0.6) is 0 Å². The minimum atomic E-state index is -0.760. The first-order valence-corrected chi connectivity index (χ1v) is 24.8. The van der Waals surface area contributed by atoms with Gasteiger partial charge < -0.3 is 44.3 Å². The normalized spacial score (nSPS) is 19.2. The summed E-state index contributed by atoms with van der Waals surface area (Å²) >= 11 is 0. The fourth-order valence-electron chi connectivity index (χ4n) is 11.0. The fraction of sp³-hybridized carbons (Fsp3) is 0.415. The van der Waals surface area contributed by atoms with Gasteiger partial charge in [0.25, 0.3) is 17.4 Å². The number of aliphatic hydroxyl groups excluding tert-OH is 1. The maximum atomic E-state index is 14.0. The molecule has 2 saturated heterocycles. The second-order valence-electron chi connectivity index (χ2n) is 20.3. The van der Waals surface area contributed by atoms with Crippen LogP contribution in [0.15, 0.2) is 71.9 Å². The molecule has 1 aliphatic carbocycles. The number of piperidine rings is 1. The van der Waals surface area contributed by atoms with Gasteiger partial charge in [-0.05, 0) is 85.2 Å². The minimum absolute atomic E-state index is 0.0254. The van der Waals surface area contributed by atoms with Crippen LogP contribution in [0.1, 0.15) is 89.7 Å². The molecule has 20 heteroatoms. The Morgan fingerprint density at radius 2 is 1.73 bits per heavy atom. The van der Waals surface area contributed by atoms with Crippen molar-refractivity contribution in [3.05, 3.63) is 111 Å². The summed E-state index contributed by atoms with van der Waals surface area (Å²) < 4.78 is 9.30. The van der Waals surface area contributed by atoms with Gasteiger partial charge >= 0.3 is 0 Å². The molecule has 5 aromatic rings. The highest BCUT2D eigenvalue weighted by Gasteiger charge is 2.41. The van der Waals surface area contributed by atoms with Crippen LogP contribution >= 0.6 is 0 Å². The number of piperazine rings is 1. The molecule has 6 amide bonds. The summed E-state index contributed by atoms with van der Waals surface area (Å²) in [5.41, 5.74) is 7.35. The highest BCUT2D eigenvalue weighted by atomic mass is 16.5. The highest BCUT2D eigenvalue weighted by Crippen LogP contribution is 2.40. The Morgan fingerprint density at radius 1 is 0.904 bits per heavy atom. The smallest absolute Gasteiger partial charge is 0.276 e. The van der Waals surface area contributed by atoms with Crippen molar-refractivity contribution < 1.29 is 38.6 Å². The number of benzene rings is 1. The average molecular weight is 994 g/mol. The van der Waals surface area contributed by atoms with Gasteiger partial charge in [0.1, 0.15) is 29.1 Å². The molecule has 73 heavy (non-hydrogen) atoms. The lowest BCUT2D eigenvalue weighted by Crippen LogP contribution is -2.54. The Balaban J connectivity index is 0.702. The summed E-state index contributed by atoms with van der Waals surface area (Å²) in [6.07, 6.45) is 7.47. The lowest BCUT2D eigenvalue weighted by Gasteiger charge is -2.41. The van der Waals surface area contributed by atoms with Crippen LogP contribution in [0.2, 0.25) is 0 Å². The van der Waals surface area contributed by atoms with Gasteiger partial charge in [-0.25, -0.2) is 9.97 Å². The number of nitrogens with one attached hydrogen (secondary N) is 3. The number of anilines is 5. The van der Waals surface area contributed by atoms with E-state index in [1.165, 1.54) is 20.7 Å². The number of pyridine rings is 3. The van der Waals surface area contributed by atoms with E-state index in [0.29, 0.717) is 83.6 Å². The Morgan fingerprint density at radius 3 is 2.49 bits per heavy atom. The second-order valence-corrected chi connectivity index (χ2v) is 20.3. The topological polar surface area (TPSA) is 234 Å². The monoisotopic (exact) mass is 993 g/mol. The SMILES string of the molecule is C[C@H]1CN(C(=O)CCOCCC(=O)Nc2cccc3c2CN(C2CCC(=O)NC2=O)C3=O)CCN1c1ccc(Nc2cc(-c3ccnc(N4CCn5c(cc6c5CC(C)(C)C6)C4=O)c3CO)cn(C)c2=O)nc1. The van der Waals surface area contributed by atoms with Crippen molar-refractivity contribution in [2.24, 2.45) is 12.5 Å². The van der Waals surface area contributed by atoms with Crippen molar-refractivity contribution in [1.29, 1.82) is 0 Å². The second kappa shape index (κ2) is 19.7. The number of amides is 6. The lowest BCUT2D eigenvalue weighted by molar-refractivity contribution is -0.137. The molecular weight excluding hydrogens is 935 g/mol. The Kier molecular flexibility index (Phi) is 13.2. The first kappa shape index (κ1) is 48.9. The average Bonchev–Trinajstić information content (AvgIpc) is 3.99. The molecule has 20 nitrogen and oxygen atoms in total. The third-order valence-electron chi connectivity index (χ3n) is 14.7. The number of carbonyl (C=O) groups excluding carboxylic acids is 6. The molecule has 8 heterocycles. The quantitative estimate of drug-likeness (QED) is 0.0915. The molecular formula is C53H59N11O9. The molecule has 5 aliphatic rings. The van der Waals surface area contributed by atoms with E-state index in [-0.39, 0.29) is 104 Å². The van der Waals surface area contributed by atoms with E-state index in [9.17, 15) is 38.7 Å². The molecule has 380 valence electrons. The van der Waals surface area contributed by atoms with E-state index < -0.39 is 11.9 Å². The zero-order valence-corrected chi connectivity index (χ0v) is 41.4. The number of aryl methyl sites for hydroxylation is 1. The molecule has 0 spiro atoms. The molecule has 4 N–H and O–H groups in total.